The van der Waals surface area contributed by atoms with E-state index in [2.05, 4.69) is 20.4 Å². The molecular weight excluding hydrogens is 473 g/mol. The molecule has 3 aromatic rings. The summed E-state index contributed by atoms with van der Waals surface area (Å²) in [7, 11) is 1.59. The monoisotopic (exact) mass is 494 g/mol. The summed E-state index contributed by atoms with van der Waals surface area (Å²) < 4.78 is 49.6. The molecule has 0 saturated carbocycles. The van der Waals surface area contributed by atoms with Crippen LogP contribution in [0.5, 0.6) is 5.75 Å². The van der Waals surface area contributed by atoms with Gasteiger partial charge in [0.2, 0.25) is 17.6 Å². The Hall–Kier alpha value is -3.11. The third-order valence-electron chi connectivity index (χ3n) is 5.67. The van der Waals surface area contributed by atoms with E-state index in [0.29, 0.717) is 44.2 Å². The first-order valence-electron chi connectivity index (χ1n) is 10.6. The Morgan fingerprint density at radius 3 is 2.56 bits per heavy atom. The molecule has 0 aliphatic carbocycles. The summed E-state index contributed by atoms with van der Waals surface area (Å²) in [6.07, 6.45) is -3.47. The fourth-order valence-electron chi connectivity index (χ4n) is 3.79. The van der Waals surface area contributed by atoms with Gasteiger partial charge in [-0.2, -0.15) is 18.2 Å². The number of halogens is 4. The van der Waals surface area contributed by atoms with Gasteiger partial charge < -0.3 is 14.6 Å². The molecule has 1 aliphatic heterocycles. The minimum atomic E-state index is -4.59. The zero-order valence-electron chi connectivity index (χ0n) is 18.2. The lowest BCUT2D eigenvalue weighted by Crippen LogP contribution is -2.37. The number of methoxy groups -OCH3 is 1. The summed E-state index contributed by atoms with van der Waals surface area (Å²) in [5.41, 5.74) is -0.0986. The minimum absolute atomic E-state index is 0.0704. The Labute approximate surface area is 198 Å². The van der Waals surface area contributed by atoms with Crippen molar-refractivity contribution in [2.45, 2.75) is 25.6 Å². The zero-order valence-corrected chi connectivity index (χ0v) is 19.0. The van der Waals surface area contributed by atoms with Crippen molar-refractivity contribution < 1.29 is 27.2 Å². The highest BCUT2D eigenvalue weighted by Gasteiger charge is 2.34. The van der Waals surface area contributed by atoms with Crippen molar-refractivity contribution in [1.82, 2.24) is 15.0 Å². The smallest absolute Gasteiger partial charge is 0.417 e. The summed E-state index contributed by atoms with van der Waals surface area (Å²) in [5.74, 6) is 1.06. The molecule has 11 heteroatoms. The van der Waals surface area contributed by atoms with E-state index >= 15 is 0 Å². The van der Waals surface area contributed by atoms with Gasteiger partial charge in [0, 0.05) is 17.2 Å². The summed E-state index contributed by atoms with van der Waals surface area (Å²) in [6, 6.07) is 10.7. The van der Waals surface area contributed by atoms with Gasteiger partial charge in [-0.25, -0.2) is 0 Å². The van der Waals surface area contributed by atoms with E-state index in [9.17, 15) is 18.0 Å². The number of piperidine rings is 1. The average molecular weight is 495 g/mol. The first kappa shape index (κ1) is 24.0. The summed E-state index contributed by atoms with van der Waals surface area (Å²) in [5, 5.41) is 6.19. The molecule has 4 rings (SSSR count). The van der Waals surface area contributed by atoms with Gasteiger partial charge in [0.1, 0.15) is 5.75 Å². The third kappa shape index (κ3) is 5.68. The number of amides is 1. The van der Waals surface area contributed by atoms with E-state index in [0.717, 1.165) is 23.4 Å². The van der Waals surface area contributed by atoms with Crippen LogP contribution in [0.25, 0.3) is 11.4 Å². The van der Waals surface area contributed by atoms with Gasteiger partial charge in [0.15, 0.2) is 0 Å². The molecular formula is C23H22ClF3N4O3. The maximum absolute atomic E-state index is 13.0. The summed E-state index contributed by atoms with van der Waals surface area (Å²) in [6.45, 7) is 1.68. The van der Waals surface area contributed by atoms with Gasteiger partial charge in [0.05, 0.1) is 24.2 Å². The number of benzene rings is 2. The van der Waals surface area contributed by atoms with Crippen molar-refractivity contribution in [3.63, 3.8) is 0 Å². The third-order valence-corrected chi connectivity index (χ3v) is 6.00. The number of rotatable bonds is 6. The summed E-state index contributed by atoms with van der Waals surface area (Å²) in [4.78, 5) is 19.1. The number of alkyl halides is 3. The van der Waals surface area contributed by atoms with E-state index < -0.39 is 16.8 Å². The van der Waals surface area contributed by atoms with E-state index in [-0.39, 0.29) is 17.5 Å². The Balaban J connectivity index is 1.30. The van der Waals surface area contributed by atoms with Crippen LogP contribution in [-0.2, 0) is 17.5 Å². The van der Waals surface area contributed by atoms with Gasteiger partial charge in [-0.1, -0.05) is 16.8 Å². The standard InChI is InChI=1S/C23H22ClF3N4O3/c1-33-17-5-2-14(3-6-17)21-29-20(34-30-21)13-31-10-8-15(9-11-31)22(32)28-16-4-7-19(24)18(12-16)23(25,26)27/h2-7,12,15H,8-11,13H2,1H3,(H,28,32). The van der Waals surface area contributed by atoms with Gasteiger partial charge in [-0.3, -0.25) is 9.69 Å². The maximum Gasteiger partial charge on any atom is 0.417 e. The molecule has 0 atom stereocenters. The van der Waals surface area contributed by atoms with Gasteiger partial charge in [-0.05, 0) is 68.4 Å². The van der Waals surface area contributed by atoms with Crippen molar-refractivity contribution >= 4 is 23.2 Å². The highest BCUT2D eigenvalue weighted by atomic mass is 35.5. The first-order chi connectivity index (χ1) is 16.2. The number of hydrogen-bond acceptors (Lipinski definition) is 6. The van der Waals surface area contributed by atoms with Crippen LogP contribution in [0.4, 0.5) is 18.9 Å². The quantitative estimate of drug-likeness (QED) is 0.503. The molecule has 34 heavy (non-hydrogen) atoms. The predicted molar refractivity (Wildman–Crippen MR) is 119 cm³/mol. The number of ether oxygens (including phenoxy) is 1. The van der Waals surface area contributed by atoms with Crippen LogP contribution in [0.1, 0.15) is 24.3 Å². The second kappa shape index (κ2) is 10.0. The number of carbonyl (C=O) groups is 1. The molecule has 0 bridgehead atoms. The number of aromatic nitrogens is 2. The molecule has 7 nitrogen and oxygen atoms in total. The highest BCUT2D eigenvalue weighted by Crippen LogP contribution is 2.36. The van der Waals surface area contributed by atoms with E-state index in [4.69, 9.17) is 20.9 Å². The molecule has 1 aliphatic rings. The van der Waals surface area contributed by atoms with Crippen molar-refractivity contribution in [2.75, 3.05) is 25.5 Å². The Morgan fingerprint density at radius 2 is 1.91 bits per heavy atom. The second-order valence-corrected chi connectivity index (χ2v) is 8.38. The Kier molecular flexibility index (Phi) is 7.08. The van der Waals surface area contributed by atoms with Crippen molar-refractivity contribution in [3.05, 3.63) is 58.9 Å². The van der Waals surface area contributed by atoms with E-state index in [1.807, 2.05) is 24.3 Å². The molecule has 2 aromatic carbocycles. The Bertz CT molecular complexity index is 1140. The van der Waals surface area contributed by atoms with Crippen LogP contribution < -0.4 is 10.1 Å². The van der Waals surface area contributed by atoms with Gasteiger partial charge >= 0.3 is 6.18 Å². The van der Waals surface area contributed by atoms with Crippen molar-refractivity contribution in [1.29, 1.82) is 0 Å². The number of anilines is 1. The van der Waals surface area contributed by atoms with Crippen LogP contribution in [0.2, 0.25) is 5.02 Å². The lowest BCUT2D eigenvalue weighted by Gasteiger charge is -2.30. The largest absolute Gasteiger partial charge is 0.497 e. The molecule has 1 amide bonds. The van der Waals surface area contributed by atoms with Crippen LogP contribution >= 0.6 is 11.6 Å². The molecule has 2 heterocycles. The Morgan fingerprint density at radius 1 is 1.21 bits per heavy atom. The molecule has 1 aromatic heterocycles. The van der Waals surface area contributed by atoms with E-state index in [1.165, 1.54) is 6.07 Å². The first-order valence-corrected chi connectivity index (χ1v) is 11.0. The molecule has 0 radical (unpaired) electrons. The van der Waals surface area contributed by atoms with E-state index in [1.54, 1.807) is 7.11 Å². The minimum Gasteiger partial charge on any atom is -0.497 e. The topological polar surface area (TPSA) is 80.5 Å². The SMILES string of the molecule is COc1ccc(-c2noc(CN3CCC(C(=O)Nc4ccc(Cl)c(C(F)(F)F)c4)CC3)n2)cc1. The van der Waals surface area contributed by atoms with Crippen molar-refractivity contribution in [3.8, 4) is 17.1 Å². The predicted octanol–water partition coefficient (Wildman–Crippen LogP) is 5.27. The van der Waals surface area contributed by atoms with Gasteiger partial charge in [-0.15, -0.1) is 0 Å². The van der Waals surface area contributed by atoms with Crippen LogP contribution in [0.3, 0.4) is 0 Å². The summed E-state index contributed by atoms with van der Waals surface area (Å²) >= 11 is 5.64. The van der Waals surface area contributed by atoms with Crippen LogP contribution in [0.15, 0.2) is 47.0 Å². The van der Waals surface area contributed by atoms with Crippen molar-refractivity contribution in [2.24, 2.45) is 5.92 Å². The number of nitrogens with one attached hydrogen (secondary N) is 1. The average Bonchev–Trinajstić information content (AvgIpc) is 3.28. The van der Waals surface area contributed by atoms with Gasteiger partial charge in [0.25, 0.3) is 0 Å². The number of carbonyl (C=O) groups excluding carboxylic acids is 1. The highest BCUT2D eigenvalue weighted by molar-refractivity contribution is 6.31. The molecule has 180 valence electrons. The van der Waals surface area contributed by atoms with Crippen LogP contribution in [-0.4, -0.2) is 41.1 Å². The normalized spacial score (nSPS) is 15.3. The molecule has 0 spiro atoms. The zero-order chi connectivity index (χ0) is 24.3. The number of hydrogen-bond donors (Lipinski definition) is 1. The number of nitrogens with zero attached hydrogens (tertiary/aromatic N) is 3. The molecule has 1 fully saturated rings. The lowest BCUT2D eigenvalue weighted by atomic mass is 9.95. The fraction of sp³-hybridized carbons (Fsp3) is 0.348. The molecule has 1 N–H and O–H groups in total. The number of likely N-dealkylation sites (tertiary alicyclic amines) is 1. The lowest BCUT2D eigenvalue weighted by molar-refractivity contribution is -0.137. The molecule has 0 unspecified atom stereocenters. The van der Waals surface area contributed by atoms with Crippen LogP contribution in [0, 0.1) is 5.92 Å². The molecule has 1 saturated heterocycles. The second-order valence-electron chi connectivity index (χ2n) is 7.97. The maximum atomic E-state index is 13.0. The fourth-order valence-corrected chi connectivity index (χ4v) is 4.01.